The molecule has 0 unspecified atom stereocenters. The van der Waals surface area contributed by atoms with E-state index in [-0.39, 0.29) is 5.97 Å². The maximum absolute atomic E-state index is 10.2. The number of methoxy groups -OCH3 is 1. The Hall–Kier alpha value is -1.58. The Morgan fingerprint density at radius 2 is 1.80 bits per heavy atom. The monoisotopic (exact) mass is 212 g/mol. The Bertz CT molecular complexity index is 287. The van der Waals surface area contributed by atoms with E-state index in [0.29, 0.717) is 17.1 Å². The van der Waals surface area contributed by atoms with E-state index in [4.69, 9.17) is 5.11 Å². The molecule has 0 saturated heterocycles. The summed E-state index contributed by atoms with van der Waals surface area (Å²) in [7, 11) is 1.33. The van der Waals surface area contributed by atoms with Crippen molar-refractivity contribution < 1.29 is 19.4 Å². The maximum atomic E-state index is 10.2. The van der Waals surface area contributed by atoms with Crippen LogP contribution >= 0.6 is 0 Å². The largest absolute Gasteiger partial charge is 0.478 e. The van der Waals surface area contributed by atoms with Gasteiger partial charge in [-0.2, -0.15) is 0 Å². The van der Waals surface area contributed by atoms with Gasteiger partial charge in [-0.1, -0.05) is 13.2 Å². The summed E-state index contributed by atoms with van der Waals surface area (Å²) in [6, 6.07) is 0. The van der Waals surface area contributed by atoms with Gasteiger partial charge in [-0.15, -0.1) is 0 Å². The third-order valence-electron chi connectivity index (χ3n) is 1.88. The summed E-state index contributed by atoms with van der Waals surface area (Å²) in [6.45, 7) is 8.37. The number of carbonyl (C=O) groups excluding carboxylic acids is 1. The first-order valence-electron chi connectivity index (χ1n) is 4.56. The van der Waals surface area contributed by atoms with Crippen molar-refractivity contribution in [2.24, 2.45) is 5.92 Å². The third kappa shape index (κ3) is 5.67. The first-order valence-corrected chi connectivity index (χ1v) is 4.56. The summed E-state index contributed by atoms with van der Waals surface area (Å²) >= 11 is 0. The van der Waals surface area contributed by atoms with Gasteiger partial charge in [-0.25, -0.2) is 9.59 Å². The zero-order chi connectivity index (χ0) is 12.0. The summed E-state index contributed by atoms with van der Waals surface area (Å²) in [4.78, 5) is 20.3. The average molecular weight is 212 g/mol. The molecule has 1 aliphatic rings. The van der Waals surface area contributed by atoms with Crippen LogP contribution in [0.1, 0.15) is 19.8 Å². The molecule has 15 heavy (non-hydrogen) atoms. The van der Waals surface area contributed by atoms with Gasteiger partial charge in [0.25, 0.3) is 0 Å². The maximum Gasteiger partial charge on any atom is 0.332 e. The molecule has 4 heteroatoms. The van der Waals surface area contributed by atoms with Crippen molar-refractivity contribution in [2.75, 3.05) is 7.11 Å². The highest BCUT2D eigenvalue weighted by molar-refractivity contribution is 5.87. The molecule has 0 aromatic carbocycles. The van der Waals surface area contributed by atoms with Crippen LogP contribution in [0.5, 0.6) is 0 Å². The molecule has 0 aromatic heterocycles. The minimum absolute atomic E-state index is 0.299. The van der Waals surface area contributed by atoms with Crippen molar-refractivity contribution in [3.05, 3.63) is 24.3 Å². The van der Waals surface area contributed by atoms with Gasteiger partial charge in [-0.05, 0) is 25.7 Å². The fraction of sp³-hybridized carbons (Fsp3) is 0.455. The fourth-order valence-electron chi connectivity index (χ4n) is 0.781. The second kappa shape index (κ2) is 6.01. The highest BCUT2D eigenvalue weighted by atomic mass is 16.5. The quantitative estimate of drug-likeness (QED) is 0.572. The van der Waals surface area contributed by atoms with Crippen LogP contribution in [0.2, 0.25) is 0 Å². The molecule has 1 N–H and O–H groups in total. The summed E-state index contributed by atoms with van der Waals surface area (Å²) in [5, 5.41) is 8.29. The SMILES string of the molecule is C=C(C(=O)O)C1CC1.C=C(C)C(=O)OC. The van der Waals surface area contributed by atoms with Crippen molar-refractivity contribution in [2.45, 2.75) is 19.8 Å². The molecule has 0 bridgehead atoms. The van der Waals surface area contributed by atoms with Crippen molar-refractivity contribution in [1.29, 1.82) is 0 Å². The lowest BCUT2D eigenvalue weighted by molar-refractivity contribution is -0.136. The number of carboxylic acids is 1. The first kappa shape index (κ1) is 13.4. The van der Waals surface area contributed by atoms with Crippen LogP contribution in [0.3, 0.4) is 0 Å². The highest BCUT2D eigenvalue weighted by Gasteiger charge is 2.28. The molecular formula is C11H16O4. The van der Waals surface area contributed by atoms with Gasteiger partial charge in [0.15, 0.2) is 0 Å². The van der Waals surface area contributed by atoms with Crippen LogP contribution in [0.25, 0.3) is 0 Å². The van der Waals surface area contributed by atoms with Gasteiger partial charge in [0, 0.05) is 11.1 Å². The summed E-state index contributed by atoms with van der Waals surface area (Å²) in [5.41, 5.74) is 0.813. The summed E-state index contributed by atoms with van der Waals surface area (Å²) in [6.07, 6.45) is 2.04. The van der Waals surface area contributed by atoms with E-state index in [1.165, 1.54) is 7.11 Å². The van der Waals surface area contributed by atoms with Crippen molar-refractivity contribution >= 4 is 11.9 Å². The summed E-state index contributed by atoms with van der Waals surface area (Å²) in [5.74, 6) is -0.889. The standard InChI is InChI=1S/C6H8O2.C5H8O2/c1-4(6(7)8)5-2-3-5;1-4(2)5(6)7-3/h5H,1-3H2,(H,7,8);1H2,2-3H3. The Kier molecular flexibility index (Phi) is 5.37. The Morgan fingerprint density at radius 1 is 1.33 bits per heavy atom. The zero-order valence-corrected chi connectivity index (χ0v) is 9.08. The Labute approximate surface area is 89.2 Å². The van der Waals surface area contributed by atoms with E-state index < -0.39 is 5.97 Å². The molecule has 1 rings (SSSR count). The summed E-state index contributed by atoms with van der Waals surface area (Å²) < 4.78 is 4.27. The molecule has 0 aliphatic heterocycles. The van der Waals surface area contributed by atoms with E-state index in [1.807, 2.05) is 0 Å². The van der Waals surface area contributed by atoms with E-state index in [9.17, 15) is 9.59 Å². The minimum atomic E-state index is -0.840. The lowest BCUT2D eigenvalue weighted by Crippen LogP contribution is -1.99. The van der Waals surface area contributed by atoms with Crippen LogP contribution < -0.4 is 0 Å². The topological polar surface area (TPSA) is 63.6 Å². The van der Waals surface area contributed by atoms with E-state index in [2.05, 4.69) is 17.9 Å². The second-order valence-corrected chi connectivity index (χ2v) is 3.38. The van der Waals surface area contributed by atoms with Gasteiger partial charge < -0.3 is 9.84 Å². The number of hydrogen-bond donors (Lipinski definition) is 1. The van der Waals surface area contributed by atoms with Crippen LogP contribution in [-0.2, 0) is 14.3 Å². The third-order valence-corrected chi connectivity index (χ3v) is 1.88. The number of aliphatic carboxylic acids is 1. The average Bonchev–Trinajstić information content (AvgIpc) is 2.99. The number of carbonyl (C=O) groups is 2. The smallest absolute Gasteiger partial charge is 0.332 e. The molecule has 0 atom stereocenters. The van der Waals surface area contributed by atoms with E-state index in [0.717, 1.165) is 12.8 Å². The van der Waals surface area contributed by atoms with Crippen molar-refractivity contribution in [3.63, 3.8) is 0 Å². The molecule has 1 saturated carbocycles. The molecule has 0 aromatic rings. The Balaban J connectivity index is 0.000000265. The molecule has 1 fully saturated rings. The van der Waals surface area contributed by atoms with Crippen LogP contribution in [-0.4, -0.2) is 24.2 Å². The molecule has 84 valence electrons. The molecule has 0 spiro atoms. The minimum Gasteiger partial charge on any atom is -0.478 e. The van der Waals surface area contributed by atoms with Gasteiger partial charge in [0.1, 0.15) is 0 Å². The number of rotatable bonds is 3. The van der Waals surface area contributed by atoms with Crippen molar-refractivity contribution in [1.82, 2.24) is 0 Å². The lowest BCUT2D eigenvalue weighted by Gasteiger charge is -1.91. The van der Waals surface area contributed by atoms with Crippen LogP contribution in [0.15, 0.2) is 24.3 Å². The van der Waals surface area contributed by atoms with Crippen LogP contribution in [0.4, 0.5) is 0 Å². The first-order chi connectivity index (χ1) is 6.90. The molecule has 0 heterocycles. The lowest BCUT2D eigenvalue weighted by atomic mass is 10.2. The zero-order valence-electron chi connectivity index (χ0n) is 9.08. The number of carboxylic acid groups (broad SMARTS) is 1. The number of esters is 1. The van der Waals surface area contributed by atoms with Gasteiger partial charge >= 0.3 is 11.9 Å². The normalized spacial score (nSPS) is 13.2. The molecule has 0 radical (unpaired) electrons. The van der Waals surface area contributed by atoms with E-state index in [1.54, 1.807) is 6.92 Å². The number of ether oxygens (including phenoxy) is 1. The highest BCUT2D eigenvalue weighted by Crippen LogP contribution is 2.35. The number of hydrogen-bond acceptors (Lipinski definition) is 3. The van der Waals surface area contributed by atoms with E-state index >= 15 is 0 Å². The molecule has 1 aliphatic carbocycles. The predicted octanol–water partition coefficient (Wildman–Crippen LogP) is 1.77. The molecule has 0 amide bonds. The van der Waals surface area contributed by atoms with Gasteiger partial charge in [0.2, 0.25) is 0 Å². The molecular weight excluding hydrogens is 196 g/mol. The fourth-order valence-corrected chi connectivity index (χ4v) is 0.781. The van der Waals surface area contributed by atoms with Crippen LogP contribution in [0, 0.1) is 5.92 Å². The van der Waals surface area contributed by atoms with Crippen molar-refractivity contribution in [3.8, 4) is 0 Å². The Morgan fingerprint density at radius 3 is 1.87 bits per heavy atom. The predicted molar refractivity (Wildman–Crippen MR) is 56.3 cm³/mol. The molecule has 4 nitrogen and oxygen atoms in total. The second-order valence-electron chi connectivity index (χ2n) is 3.38. The van der Waals surface area contributed by atoms with Gasteiger partial charge in [0.05, 0.1) is 7.11 Å². The van der Waals surface area contributed by atoms with Gasteiger partial charge in [-0.3, -0.25) is 0 Å².